The number of hydrogen-bond acceptors (Lipinski definition) is 2. The van der Waals surface area contributed by atoms with Crippen molar-refractivity contribution in [2.75, 3.05) is 0 Å². The number of fused-ring (bicyclic) bond motifs is 2. The zero-order chi connectivity index (χ0) is 13.4. The Morgan fingerprint density at radius 3 is 2.37 bits per heavy atom. The highest BCUT2D eigenvalue weighted by Gasteiger charge is 2.43. The maximum Gasteiger partial charge on any atom is 0.230 e. The van der Waals surface area contributed by atoms with Gasteiger partial charge in [0.2, 0.25) is 5.91 Å². The van der Waals surface area contributed by atoms with Gasteiger partial charge in [0, 0.05) is 12.1 Å². The molecule has 3 atom stereocenters. The summed E-state index contributed by atoms with van der Waals surface area (Å²) in [5.74, 6) is 0.144. The smallest absolute Gasteiger partial charge is 0.230 e. The molecule has 0 spiro atoms. The molecule has 0 aliphatic carbocycles. The lowest BCUT2D eigenvalue weighted by Gasteiger charge is -2.38. The second-order valence-corrected chi connectivity index (χ2v) is 5.89. The van der Waals surface area contributed by atoms with Crippen LogP contribution in [0.15, 0.2) is 30.3 Å². The molecule has 2 saturated heterocycles. The van der Waals surface area contributed by atoms with Crippen molar-refractivity contribution < 1.29 is 9.90 Å². The zero-order valence-corrected chi connectivity index (χ0v) is 11.3. The Labute approximate surface area is 114 Å². The van der Waals surface area contributed by atoms with Gasteiger partial charge in [0.05, 0.1) is 12.0 Å². The molecule has 3 nitrogen and oxygen atoms in total. The highest BCUT2D eigenvalue weighted by atomic mass is 16.3. The standard InChI is InChI=1S/C16H21NO2/c1-11(12-5-3-2-4-6-12)16(19)17-13-7-8-14(17)10-15(18)9-13/h2-6,11,13-15,18H,7-10H2,1H3. The van der Waals surface area contributed by atoms with Crippen molar-refractivity contribution in [3.05, 3.63) is 35.9 Å². The molecule has 2 aliphatic rings. The molecule has 1 N–H and O–H groups in total. The number of benzene rings is 1. The van der Waals surface area contributed by atoms with Gasteiger partial charge in [-0.05, 0) is 38.2 Å². The van der Waals surface area contributed by atoms with E-state index >= 15 is 0 Å². The van der Waals surface area contributed by atoms with Crippen LogP contribution in [-0.2, 0) is 4.79 Å². The van der Waals surface area contributed by atoms with E-state index in [0.717, 1.165) is 31.2 Å². The van der Waals surface area contributed by atoms with Crippen LogP contribution in [0.4, 0.5) is 0 Å². The molecule has 102 valence electrons. The number of amides is 1. The lowest BCUT2D eigenvalue weighted by molar-refractivity contribution is -0.138. The minimum atomic E-state index is -0.214. The lowest BCUT2D eigenvalue weighted by Crippen LogP contribution is -2.49. The summed E-state index contributed by atoms with van der Waals surface area (Å²) >= 11 is 0. The average molecular weight is 259 g/mol. The number of aliphatic hydroxyl groups is 1. The van der Waals surface area contributed by atoms with Crippen molar-refractivity contribution in [2.45, 2.75) is 56.7 Å². The van der Waals surface area contributed by atoms with Gasteiger partial charge in [-0.1, -0.05) is 30.3 Å². The van der Waals surface area contributed by atoms with Crippen LogP contribution in [0.3, 0.4) is 0 Å². The molecule has 0 aromatic heterocycles. The van der Waals surface area contributed by atoms with Crippen molar-refractivity contribution in [3.63, 3.8) is 0 Å². The quantitative estimate of drug-likeness (QED) is 0.885. The highest BCUT2D eigenvalue weighted by molar-refractivity contribution is 5.84. The van der Waals surface area contributed by atoms with E-state index in [-0.39, 0.29) is 30.0 Å². The number of hydrogen-bond donors (Lipinski definition) is 1. The Morgan fingerprint density at radius 2 is 1.79 bits per heavy atom. The molecular formula is C16H21NO2. The Hall–Kier alpha value is -1.35. The number of rotatable bonds is 2. The van der Waals surface area contributed by atoms with Gasteiger partial charge in [0.1, 0.15) is 0 Å². The van der Waals surface area contributed by atoms with E-state index in [1.807, 2.05) is 37.3 Å². The number of aliphatic hydroxyl groups excluding tert-OH is 1. The molecule has 1 amide bonds. The number of carbonyl (C=O) groups excluding carboxylic acids is 1. The third-order valence-electron chi connectivity index (χ3n) is 4.63. The zero-order valence-electron chi connectivity index (χ0n) is 11.3. The van der Waals surface area contributed by atoms with Gasteiger partial charge in [0.25, 0.3) is 0 Å². The van der Waals surface area contributed by atoms with Crippen molar-refractivity contribution in [1.82, 2.24) is 4.90 Å². The van der Waals surface area contributed by atoms with Gasteiger partial charge in [0.15, 0.2) is 0 Å². The molecule has 0 radical (unpaired) electrons. The predicted octanol–water partition coefficient (Wildman–Crippen LogP) is 2.30. The van der Waals surface area contributed by atoms with E-state index in [9.17, 15) is 9.90 Å². The van der Waals surface area contributed by atoms with E-state index in [2.05, 4.69) is 4.90 Å². The summed E-state index contributed by atoms with van der Waals surface area (Å²) in [6, 6.07) is 10.5. The lowest BCUT2D eigenvalue weighted by atomic mass is 9.94. The van der Waals surface area contributed by atoms with Crippen LogP contribution < -0.4 is 0 Å². The van der Waals surface area contributed by atoms with Gasteiger partial charge in [-0.2, -0.15) is 0 Å². The normalized spacial score (nSPS) is 31.3. The second-order valence-electron chi connectivity index (χ2n) is 5.89. The van der Waals surface area contributed by atoms with Gasteiger partial charge in [-0.15, -0.1) is 0 Å². The number of carbonyl (C=O) groups is 1. The SMILES string of the molecule is CC(C(=O)N1C2CCC1CC(O)C2)c1ccccc1. The fourth-order valence-corrected chi connectivity index (χ4v) is 3.62. The fourth-order valence-electron chi connectivity index (χ4n) is 3.62. The average Bonchev–Trinajstić information content (AvgIpc) is 2.70. The minimum Gasteiger partial charge on any atom is -0.393 e. The van der Waals surface area contributed by atoms with Crippen LogP contribution in [0.1, 0.15) is 44.1 Å². The van der Waals surface area contributed by atoms with Crippen molar-refractivity contribution in [3.8, 4) is 0 Å². The van der Waals surface area contributed by atoms with E-state index in [0.29, 0.717) is 0 Å². The van der Waals surface area contributed by atoms with Crippen LogP contribution in [-0.4, -0.2) is 34.1 Å². The summed E-state index contributed by atoms with van der Waals surface area (Å²) < 4.78 is 0. The molecule has 2 heterocycles. The van der Waals surface area contributed by atoms with Gasteiger partial charge >= 0.3 is 0 Å². The Morgan fingerprint density at radius 1 is 1.21 bits per heavy atom. The van der Waals surface area contributed by atoms with Crippen molar-refractivity contribution in [1.29, 1.82) is 0 Å². The monoisotopic (exact) mass is 259 g/mol. The first-order valence-electron chi connectivity index (χ1n) is 7.22. The van der Waals surface area contributed by atoms with Gasteiger partial charge < -0.3 is 10.0 Å². The molecule has 3 heteroatoms. The summed E-state index contributed by atoms with van der Waals surface area (Å²) in [6.07, 6.45) is 3.39. The molecule has 3 rings (SSSR count). The fraction of sp³-hybridized carbons (Fsp3) is 0.562. The molecule has 19 heavy (non-hydrogen) atoms. The molecule has 1 aromatic carbocycles. The molecule has 1 aromatic rings. The summed E-state index contributed by atoms with van der Waals surface area (Å²) in [5, 5.41) is 9.81. The molecule has 2 aliphatic heterocycles. The van der Waals surface area contributed by atoms with Gasteiger partial charge in [-0.25, -0.2) is 0 Å². The van der Waals surface area contributed by atoms with Crippen LogP contribution in [0.5, 0.6) is 0 Å². The van der Waals surface area contributed by atoms with Crippen LogP contribution in [0.2, 0.25) is 0 Å². The number of nitrogens with zero attached hydrogens (tertiary/aromatic N) is 1. The maximum absolute atomic E-state index is 12.7. The summed E-state index contributed by atoms with van der Waals surface area (Å²) in [7, 11) is 0. The molecule has 0 saturated carbocycles. The van der Waals surface area contributed by atoms with Crippen molar-refractivity contribution in [2.24, 2.45) is 0 Å². The number of piperidine rings is 1. The van der Waals surface area contributed by atoms with E-state index < -0.39 is 0 Å². The first kappa shape index (κ1) is 12.7. The van der Waals surface area contributed by atoms with E-state index in [1.165, 1.54) is 0 Å². The molecular weight excluding hydrogens is 238 g/mol. The Balaban J connectivity index is 1.78. The second kappa shape index (κ2) is 4.97. The van der Waals surface area contributed by atoms with Crippen molar-refractivity contribution >= 4 is 5.91 Å². The topological polar surface area (TPSA) is 40.5 Å². The molecule has 2 fully saturated rings. The van der Waals surface area contributed by atoms with Crippen LogP contribution in [0, 0.1) is 0 Å². The largest absolute Gasteiger partial charge is 0.393 e. The van der Waals surface area contributed by atoms with Crippen LogP contribution >= 0.6 is 0 Å². The first-order valence-corrected chi connectivity index (χ1v) is 7.22. The van der Waals surface area contributed by atoms with Crippen LogP contribution in [0.25, 0.3) is 0 Å². The van der Waals surface area contributed by atoms with Gasteiger partial charge in [-0.3, -0.25) is 4.79 Å². The molecule has 2 bridgehead atoms. The highest BCUT2D eigenvalue weighted by Crippen LogP contribution is 2.37. The maximum atomic E-state index is 12.7. The first-order chi connectivity index (χ1) is 9.16. The summed E-state index contributed by atoms with van der Waals surface area (Å²) in [4.78, 5) is 14.8. The molecule has 3 unspecified atom stereocenters. The summed E-state index contributed by atoms with van der Waals surface area (Å²) in [5.41, 5.74) is 1.08. The summed E-state index contributed by atoms with van der Waals surface area (Å²) in [6.45, 7) is 1.99. The third kappa shape index (κ3) is 2.27. The third-order valence-corrected chi connectivity index (χ3v) is 4.63. The Bertz CT molecular complexity index is 445. The van der Waals surface area contributed by atoms with E-state index in [1.54, 1.807) is 0 Å². The van der Waals surface area contributed by atoms with E-state index in [4.69, 9.17) is 0 Å². The minimum absolute atomic E-state index is 0.0838. The predicted molar refractivity (Wildman–Crippen MR) is 73.8 cm³/mol. The Kier molecular flexibility index (Phi) is 3.31.